The van der Waals surface area contributed by atoms with Crippen molar-refractivity contribution >= 4 is 33.4 Å². The van der Waals surface area contributed by atoms with Crippen molar-refractivity contribution in [1.29, 1.82) is 0 Å². The maximum Gasteiger partial charge on any atom is 0.240 e. The van der Waals surface area contributed by atoms with Gasteiger partial charge in [-0.3, -0.25) is 9.10 Å². The van der Waals surface area contributed by atoms with Crippen molar-refractivity contribution in [3.8, 4) is 0 Å². The van der Waals surface area contributed by atoms with Crippen LogP contribution in [0.15, 0.2) is 53.1 Å². The molecule has 8 heteroatoms. The van der Waals surface area contributed by atoms with Gasteiger partial charge in [-0.1, -0.05) is 18.2 Å². The summed E-state index contributed by atoms with van der Waals surface area (Å²) >= 11 is 1.73. The number of thioether (sulfide) groups is 1. The van der Waals surface area contributed by atoms with Crippen molar-refractivity contribution in [3.05, 3.63) is 54.5 Å². The minimum Gasteiger partial charge on any atom is -0.468 e. The first-order chi connectivity index (χ1) is 12.0. The summed E-state index contributed by atoms with van der Waals surface area (Å²) < 4.78 is 30.2. The quantitative estimate of drug-likeness (QED) is 0.639. The molecule has 0 spiro atoms. The van der Waals surface area contributed by atoms with Gasteiger partial charge >= 0.3 is 0 Å². The second-order valence-electron chi connectivity index (χ2n) is 5.44. The van der Waals surface area contributed by atoms with Crippen LogP contribution in [0.4, 0.5) is 5.69 Å². The van der Waals surface area contributed by atoms with E-state index in [0.29, 0.717) is 12.2 Å². The molecular weight excluding hydrogens is 360 g/mol. The Bertz CT molecular complexity index is 746. The Morgan fingerprint density at radius 3 is 2.60 bits per heavy atom. The van der Waals surface area contributed by atoms with Crippen molar-refractivity contribution in [2.45, 2.75) is 12.2 Å². The lowest BCUT2D eigenvalue weighted by atomic mass is 10.3. The zero-order chi connectivity index (χ0) is 18.1. The van der Waals surface area contributed by atoms with Crippen LogP contribution in [-0.2, 0) is 20.6 Å². The van der Waals surface area contributed by atoms with E-state index in [1.807, 2.05) is 12.1 Å². The molecule has 0 aliphatic heterocycles. The molecule has 136 valence electrons. The molecule has 0 bridgehead atoms. The lowest BCUT2D eigenvalue weighted by molar-refractivity contribution is -0.119. The number of carbonyl (C=O) groups is 1. The topological polar surface area (TPSA) is 79.6 Å². The van der Waals surface area contributed by atoms with Gasteiger partial charge in [-0.15, -0.1) is 0 Å². The third-order valence-electron chi connectivity index (χ3n) is 3.34. The van der Waals surface area contributed by atoms with Gasteiger partial charge < -0.3 is 9.73 Å². The number of benzene rings is 1. The van der Waals surface area contributed by atoms with Crippen LogP contribution in [0.2, 0.25) is 0 Å². The minimum atomic E-state index is -3.52. The molecule has 2 aromatic rings. The molecule has 0 radical (unpaired) electrons. The SMILES string of the molecule is CS(=O)(=O)N(CC(=O)NCCCSCc1ccco1)c1ccccc1. The van der Waals surface area contributed by atoms with E-state index in [-0.39, 0.29) is 12.5 Å². The van der Waals surface area contributed by atoms with Crippen molar-refractivity contribution in [3.63, 3.8) is 0 Å². The van der Waals surface area contributed by atoms with Gasteiger partial charge in [-0.05, 0) is 36.4 Å². The summed E-state index contributed by atoms with van der Waals surface area (Å²) in [6.07, 6.45) is 3.55. The summed E-state index contributed by atoms with van der Waals surface area (Å²) in [6, 6.07) is 12.4. The smallest absolute Gasteiger partial charge is 0.240 e. The highest BCUT2D eigenvalue weighted by atomic mass is 32.2. The molecule has 1 N–H and O–H groups in total. The third kappa shape index (κ3) is 6.83. The lowest BCUT2D eigenvalue weighted by Crippen LogP contribution is -2.40. The molecule has 0 atom stereocenters. The Morgan fingerprint density at radius 1 is 1.20 bits per heavy atom. The normalized spacial score (nSPS) is 11.2. The predicted molar refractivity (Wildman–Crippen MR) is 101 cm³/mol. The Morgan fingerprint density at radius 2 is 1.96 bits per heavy atom. The highest BCUT2D eigenvalue weighted by Crippen LogP contribution is 2.16. The minimum absolute atomic E-state index is 0.220. The molecule has 0 aliphatic carbocycles. The van der Waals surface area contributed by atoms with E-state index in [9.17, 15) is 13.2 Å². The number of rotatable bonds is 10. The molecule has 1 heterocycles. The first kappa shape index (κ1) is 19.4. The van der Waals surface area contributed by atoms with Crippen molar-refractivity contribution in [2.24, 2.45) is 0 Å². The largest absolute Gasteiger partial charge is 0.468 e. The molecule has 1 aromatic heterocycles. The van der Waals surface area contributed by atoms with Crippen LogP contribution >= 0.6 is 11.8 Å². The Balaban J connectivity index is 1.72. The van der Waals surface area contributed by atoms with Crippen LogP contribution in [-0.4, -0.2) is 39.4 Å². The van der Waals surface area contributed by atoms with Gasteiger partial charge in [-0.25, -0.2) is 8.42 Å². The first-order valence-corrected chi connectivity index (χ1v) is 10.9. The van der Waals surface area contributed by atoms with Crippen molar-refractivity contribution < 1.29 is 17.6 Å². The molecule has 6 nitrogen and oxygen atoms in total. The van der Waals surface area contributed by atoms with Gasteiger partial charge in [0.2, 0.25) is 15.9 Å². The summed E-state index contributed by atoms with van der Waals surface area (Å²) in [5.41, 5.74) is 0.481. The Labute approximate surface area is 152 Å². The lowest BCUT2D eigenvalue weighted by Gasteiger charge is -2.21. The van der Waals surface area contributed by atoms with E-state index in [1.54, 1.807) is 48.4 Å². The Kier molecular flexibility index (Phi) is 7.39. The molecule has 2 rings (SSSR count). The van der Waals surface area contributed by atoms with Gasteiger partial charge in [-0.2, -0.15) is 11.8 Å². The predicted octanol–water partition coefficient (Wildman–Crippen LogP) is 2.49. The highest BCUT2D eigenvalue weighted by Gasteiger charge is 2.20. The maximum atomic E-state index is 12.1. The number of sulfonamides is 1. The summed E-state index contributed by atoms with van der Waals surface area (Å²) in [6.45, 7) is 0.290. The average molecular weight is 383 g/mol. The van der Waals surface area contributed by atoms with Crippen LogP contribution in [0.1, 0.15) is 12.2 Å². The van der Waals surface area contributed by atoms with E-state index in [0.717, 1.165) is 34.2 Å². The third-order valence-corrected chi connectivity index (χ3v) is 5.55. The zero-order valence-corrected chi connectivity index (χ0v) is 15.7. The van der Waals surface area contributed by atoms with E-state index < -0.39 is 10.0 Å². The summed E-state index contributed by atoms with van der Waals surface area (Å²) in [7, 11) is -3.52. The summed E-state index contributed by atoms with van der Waals surface area (Å²) in [5, 5.41) is 2.77. The van der Waals surface area contributed by atoms with E-state index in [1.165, 1.54) is 0 Å². The van der Waals surface area contributed by atoms with Gasteiger partial charge in [0.25, 0.3) is 0 Å². The number of anilines is 1. The van der Waals surface area contributed by atoms with E-state index in [2.05, 4.69) is 5.32 Å². The Hall–Kier alpha value is -1.93. The van der Waals surface area contributed by atoms with Crippen molar-refractivity contribution in [2.75, 3.05) is 29.4 Å². The summed E-state index contributed by atoms with van der Waals surface area (Å²) in [4.78, 5) is 12.1. The molecule has 25 heavy (non-hydrogen) atoms. The fourth-order valence-corrected chi connectivity index (χ4v) is 3.86. The number of hydrogen-bond acceptors (Lipinski definition) is 5. The number of nitrogens with one attached hydrogen (secondary N) is 1. The fourth-order valence-electron chi connectivity index (χ4n) is 2.15. The second-order valence-corrected chi connectivity index (χ2v) is 8.45. The standard InChI is InChI=1S/C17H22N2O4S2/c1-25(21,22)19(15-7-3-2-4-8-15)13-17(20)18-10-6-12-24-14-16-9-5-11-23-16/h2-5,7-9,11H,6,10,12-14H2,1H3,(H,18,20). The zero-order valence-electron chi connectivity index (χ0n) is 14.1. The summed E-state index contributed by atoms with van der Waals surface area (Å²) in [5.74, 6) is 2.30. The van der Waals surface area contributed by atoms with Crippen LogP contribution in [0.3, 0.4) is 0 Å². The van der Waals surface area contributed by atoms with Crippen LogP contribution < -0.4 is 9.62 Å². The molecular formula is C17H22N2O4S2. The first-order valence-electron chi connectivity index (χ1n) is 7.86. The van der Waals surface area contributed by atoms with Crippen LogP contribution in [0.25, 0.3) is 0 Å². The average Bonchev–Trinajstić information content (AvgIpc) is 3.09. The van der Waals surface area contributed by atoms with Crippen LogP contribution in [0, 0.1) is 0 Å². The monoisotopic (exact) mass is 382 g/mol. The molecule has 0 saturated heterocycles. The number of nitrogens with zero attached hydrogens (tertiary/aromatic N) is 1. The molecule has 0 saturated carbocycles. The highest BCUT2D eigenvalue weighted by molar-refractivity contribution is 7.98. The van der Waals surface area contributed by atoms with Crippen molar-refractivity contribution in [1.82, 2.24) is 5.32 Å². The van der Waals surface area contributed by atoms with Crippen LogP contribution in [0.5, 0.6) is 0 Å². The molecule has 0 fully saturated rings. The number of furan rings is 1. The molecule has 1 aromatic carbocycles. The van der Waals surface area contributed by atoms with Gasteiger partial charge in [0, 0.05) is 6.54 Å². The molecule has 1 amide bonds. The molecule has 0 aliphatic rings. The fraction of sp³-hybridized carbons (Fsp3) is 0.353. The van der Waals surface area contributed by atoms with E-state index >= 15 is 0 Å². The molecule has 0 unspecified atom stereocenters. The number of amides is 1. The number of carbonyl (C=O) groups excluding carboxylic acids is 1. The van der Waals surface area contributed by atoms with E-state index in [4.69, 9.17) is 4.42 Å². The maximum absolute atomic E-state index is 12.1. The van der Waals surface area contributed by atoms with Gasteiger partial charge in [0.15, 0.2) is 0 Å². The number of para-hydroxylation sites is 1. The second kappa shape index (κ2) is 9.53. The van der Waals surface area contributed by atoms with Gasteiger partial charge in [0.05, 0.1) is 24.0 Å². The van der Waals surface area contributed by atoms with Gasteiger partial charge in [0.1, 0.15) is 12.3 Å². The number of hydrogen-bond donors (Lipinski definition) is 1.